The molecular formula is C14H18N6O2. The average Bonchev–Trinajstić information content (AvgIpc) is 3.32. The smallest absolute Gasteiger partial charge is 0.250 e. The van der Waals surface area contributed by atoms with Crippen LogP contribution in [0.5, 0.6) is 0 Å². The molecule has 3 heterocycles. The molecule has 1 unspecified atom stereocenters. The summed E-state index contributed by atoms with van der Waals surface area (Å²) < 4.78 is 7.65. The number of aromatic nitrogens is 4. The van der Waals surface area contributed by atoms with Crippen molar-refractivity contribution in [2.45, 2.75) is 25.0 Å². The van der Waals surface area contributed by atoms with Crippen LogP contribution < -0.4 is 10.2 Å². The molecular weight excluding hydrogens is 284 g/mol. The molecule has 22 heavy (non-hydrogen) atoms. The number of rotatable bonds is 3. The van der Waals surface area contributed by atoms with Gasteiger partial charge in [-0.25, -0.2) is 15.0 Å². The zero-order valence-electron chi connectivity index (χ0n) is 12.4. The Hall–Kier alpha value is -2.22. The number of likely N-dealkylation sites (N-methyl/N-ethyl adjacent to an activating group) is 1. The van der Waals surface area contributed by atoms with Crippen LogP contribution >= 0.6 is 0 Å². The first kappa shape index (κ1) is 13.4. The topological polar surface area (TPSA) is 85.2 Å². The lowest BCUT2D eigenvalue weighted by Gasteiger charge is -2.32. The first-order valence-electron chi connectivity index (χ1n) is 7.53. The van der Waals surface area contributed by atoms with Crippen LogP contribution in [0, 0.1) is 0 Å². The van der Waals surface area contributed by atoms with Gasteiger partial charge in [0.15, 0.2) is 23.1 Å². The van der Waals surface area contributed by atoms with E-state index < -0.39 is 6.10 Å². The van der Waals surface area contributed by atoms with Crippen LogP contribution in [0.25, 0.3) is 11.2 Å². The van der Waals surface area contributed by atoms with Crippen LogP contribution in [0.3, 0.4) is 0 Å². The zero-order valence-corrected chi connectivity index (χ0v) is 12.4. The van der Waals surface area contributed by atoms with Crippen molar-refractivity contribution in [2.24, 2.45) is 0 Å². The molecule has 1 N–H and O–H groups in total. The van der Waals surface area contributed by atoms with Crippen molar-refractivity contribution in [1.82, 2.24) is 24.8 Å². The number of hydrogen-bond donors (Lipinski definition) is 1. The van der Waals surface area contributed by atoms with E-state index in [9.17, 15) is 4.79 Å². The third-order valence-electron chi connectivity index (χ3n) is 4.18. The molecule has 2 aliphatic rings. The lowest BCUT2D eigenvalue weighted by atomic mass is 10.2. The Labute approximate surface area is 127 Å². The van der Waals surface area contributed by atoms with Gasteiger partial charge in [-0.1, -0.05) is 0 Å². The van der Waals surface area contributed by atoms with Crippen LogP contribution in [0.1, 0.15) is 18.9 Å². The van der Waals surface area contributed by atoms with Crippen molar-refractivity contribution in [3.63, 3.8) is 0 Å². The van der Waals surface area contributed by atoms with Gasteiger partial charge >= 0.3 is 0 Å². The van der Waals surface area contributed by atoms with Gasteiger partial charge in [0.1, 0.15) is 6.33 Å². The Kier molecular flexibility index (Phi) is 3.18. The third kappa shape index (κ3) is 2.19. The lowest BCUT2D eigenvalue weighted by Crippen LogP contribution is -2.49. The molecule has 0 bridgehead atoms. The molecule has 1 saturated carbocycles. The van der Waals surface area contributed by atoms with Crippen molar-refractivity contribution in [3.8, 4) is 0 Å². The molecule has 0 spiro atoms. The standard InChI is InChI=1S/C14H18N6O2/c1-15-14(21)10-6-19(4-5-22-10)12-11-13(17-7-16-12)20(8-18-11)9-2-3-9/h7-10H,2-6H2,1H3,(H,15,21). The van der Waals surface area contributed by atoms with E-state index in [-0.39, 0.29) is 5.91 Å². The molecule has 1 aliphatic heterocycles. The number of ether oxygens (including phenoxy) is 1. The van der Waals surface area contributed by atoms with Gasteiger partial charge in [0.25, 0.3) is 5.91 Å². The fourth-order valence-corrected chi connectivity index (χ4v) is 2.85. The van der Waals surface area contributed by atoms with E-state index in [4.69, 9.17) is 4.74 Å². The number of morpholine rings is 1. The quantitative estimate of drug-likeness (QED) is 0.866. The van der Waals surface area contributed by atoms with E-state index in [1.165, 1.54) is 12.8 Å². The van der Waals surface area contributed by atoms with E-state index in [1.54, 1.807) is 13.4 Å². The van der Waals surface area contributed by atoms with Crippen molar-refractivity contribution >= 4 is 22.9 Å². The molecule has 2 fully saturated rings. The van der Waals surface area contributed by atoms with Gasteiger partial charge < -0.3 is 19.5 Å². The highest BCUT2D eigenvalue weighted by Gasteiger charge is 2.30. The number of nitrogens with one attached hydrogen (secondary N) is 1. The highest BCUT2D eigenvalue weighted by molar-refractivity contribution is 5.85. The number of nitrogens with zero attached hydrogens (tertiary/aromatic N) is 5. The van der Waals surface area contributed by atoms with E-state index in [0.29, 0.717) is 25.7 Å². The van der Waals surface area contributed by atoms with Crippen LogP contribution in [-0.4, -0.2) is 58.3 Å². The van der Waals surface area contributed by atoms with Crippen LogP contribution in [0.15, 0.2) is 12.7 Å². The van der Waals surface area contributed by atoms with Gasteiger partial charge in [-0.05, 0) is 12.8 Å². The van der Waals surface area contributed by atoms with Gasteiger partial charge in [0, 0.05) is 19.6 Å². The molecule has 116 valence electrons. The first-order chi connectivity index (χ1) is 10.8. The van der Waals surface area contributed by atoms with Gasteiger partial charge in [0.2, 0.25) is 0 Å². The lowest BCUT2D eigenvalue weighted by molar-refractivity contribution is -0.132. The van der Waals surface area contributed by atoms with Crippen molar-refractivity contribution in [3.05, 3.63) is 12.7 Å². The predicted octanol–water partition coefficient (Wildman–Crippen LogP) is 0.112. The Morgan fingerprint density at radius 2 is 2.23 bits per heavy atom. The number of fused-ring (bicyclic) bond motifs is 1. The Morgan fingerprint density at radius 1 is 1.36 bits per heavy atom. The van der Waals surface area contributed by atoms with Gasteiger partial charge in [-0.2, -0.15) is 0 Å². The molecule has 2 aromatic heterocycles. The summed E-state index contributed by atoms with van der Waals surface area (Å²) in [5.74, 6) is 0.667. The summed E-state index contributed by atoms with van der Waals surface area (Å²) in [7, 11) is 1.62. The van der Waals surface area contributed by atoms with Crippen LogP contribution in [0.2, 0.25) is 0 Å². The summed E-state index contributed by atoms with van der Waals surface area (Å²) in [5.41, 5.74) is 1.67. The van der Waals surface area contributed by atoms with E-state index >= 15 is 0 Å². The molecule has 1 amide bonds. The summed E-state index contributed by atoms with van der Waals surface area (Å²) >= 11 is 0. The third-order valence-corrected chi connectivity index (χ3v) is 4.18. The second-order valence-electron chi connectivity index (χ2n) is 5.67. The van der Waals surface area contributed by atoms with Crippen molar-refractivity contribution in [2.75, 3.05) is 31.6 Å². The Balaban J connectivity index is 1.67. The van der Waals surface area contributed by atoms with E-state index in [1.807, 2.05) is 6.33 Å². The average molecular weight is 302 g/mol. The molecule has 1 saturated heterocycles. The minimum absolute atomic E-state index is 0.112. The number of anilines is 1. The normalized spacial score (nSPS) is 22.0. The molecule has 4 rings (SSSR count). The van der Waals surface area contributed by atoms with Gasteiger partial charge in [-0.3, -0.25) is 4.79 Å². The maximum atomic E-state index is 11.8. The largest absolute Gasteiger partial charge is 0.365 e. The number of hydrogen-bond acceptors (Lipinski definition) is 6. The molecule has 1 atom stereocenters. The highest BCUT2D eigenvalue weighted by atomic mass is 16.5. The van der Waals surface area contributed by atoms with Crippen molar-refractivity contribution in [1.29, 1.82) is 0 Å². The summed E-state index contributed by atoms with van der Waals surface area (Å²) in [4.78, 5) is 27.1. The molecule has 0 radical (unpaired) electrons. The van der Waals surface area contributed by atoms with Crippen LogP contribution in [-0.2, 0) is 9.53 Å². The number of amides is 1. The van der Waals surface area contributed by atoms with Gasteiger partial charge in [0.05, 0.1) is 19.5 Å². The maximum absolute atomic E-state index is 11.8. The minimum Gasteiger partial charge on any atom is -0.365 e. The highest BCUT2D eigenvalue weighted by Crippen LogP contribution is 2.37. The predicted molar refractivity (Wildman–Crippen MR) is 79.6 cm³/mol. The monoisotopic (exact) mass is 302 g/mol. The fourth-order valence-electron chi connectivity index (χ4n) is 2.85. The minimum atomic E-state index is -0.478. The number of carbonyl (C=O) groups excluding carboxylic acids is 1. The second-order valence-corrected chi connectivity index (χ2v) is 5.67. The number of imidazole rings is 1. The second kappa shape index (κ2) is 5.20. The molecule has 1 aliphatic carbocycles. The molecule has 2 aromatic rings. The summed E-state index contributed by atoms with van der Waals surface area (Å²) in [5, 5.41) is 2.63. The van der Waals surface area contributed by atoms with E-state index in [0.717, 1.165) is 17.0 Å². The Bertz CT molecular complexity index is 710. The fraction of sp³-hybridized carbons (Fsp3) is 0.571. The van der Waals surface area contributed by atoms with Crippen LogP contribution in [0.4, 0.5) is 5.82 Å². The molecule has 8 nitrogen and oxygen atoms in total. The Morgan fingerprint density at radius 3 is 3.00 bits per heavy atom. The summed E-state index contributed by atoms with van der Waals surface area (Å²) in [6, 6.07) is 0.524. The molecule has 8 heteroatoms. The first-order valence-corrected chi connectivity index (χ1v) is 7.53. The molecule has 0 aromatic carbocycles. The zero-order chi connectivity index (χ0) is 15.1. The summed E-state index contributed by atoms with van der Waals surface area (Å²) in [6.07, 6.45) is 5.30. The SMILES string of the molecule is CNC(=O)C1CN(c2ncnc3c2ncn3C2CC2)CCO1. The summed E-state index contributed by atoms with van der Waals surface area (Å²) in [6.45, 7) is 1.66. The van der Waals surface area contributed by atoms with Gasteiger partial charge in [-0.15, -0.1) is 0 Å². The van der Waals surface area contributed by atoms with E-state index in [2.05, 4.69) is 29.7 Å². The number of carbonyl (C=O) groups is 1. The maximum Gasteiger partial charge on any atom is 0.250 e. The van der Waals surface area contributed by atoms with Crippen molar-refractivity contribution < 1.29 is 9.53 Å².